The normalized spacial score (nSPS) is 48.6. The van der Waals surface area contributed by atoms with Crippen molar-refractivity contribution in [1.29, 1.82) is 0 Å². The van der Waals surface area contributed by atoms with Crippen LogP contribution in [0.5, 0.6) is 0 Å². The maximum Gasteiger partial charge on any atom is 0.343 e. The van der Waals surface area contributed by atoms with Gasteiger partial charge in [-0.05, 0) is 32.7 Å². The summed E-state index contributed by atoms with van der Waals surface area (Å²) in [6.45, 7) is 6.72. The van der Waals surface area contributed by atoms with Gasteiger partial charge in [0.05, 0.1) is 30.7 Å². The van der Waals surface area contributed by atoms with E-state index in [2.05, 4.69) is 11.8 Å². The molecule has 0 aromatic carbocycles. The first-order valence-electron chi connectivity index (χ1n) is 11.4. The molecule has 0 unspecified atom stereocenters. The smallest absolute Gasteiger partial charge is 0.343 e. The molecule has 0 amide bonds. The summed E-state index contributed by atoms with van der Waals surface area (Å²) in [5, 5.41) is 0. The molecule has 6 aliphatic heterocycles. The third kappa shape index (κ3) is 2.49. The van der Waals surface area contributed by atoms with Crippen molar-refractivity contribution in [2.24, 2.45) is 17.8 Å². The predicted octanol–water partition coefficient (Wildman–Crippen LogP) is 2.24. The first-order valence-corrected chi connectivity index (χ1v) is 11.4. The van der Waals surface area contributed by atoms with Crippen LogP contribution >= 0.6 is 0 Å². The molecule has 31 heavy (non-hydrogen) atoms. The largest absolute Gasteiger partial charge is 0.492 e. The lowest BCUT2D eigenvalue weighted by molar-refractivity contribution is -0.266. The number of allylic oxidation sites excluding steroid dienone is 1. The van der Waals surface area contributed by atoms with Crippen molar-refractivity contribution in [2.75, 3.05) is 13.7 Å². The predicted molar refractivity (Wildman–Crippen MR) is 106 cm³/mol. The molecule has 8 atom stereocenters. The minimum absolute atomic E-state index is 0.00852. The second-order valence-corrected chi connectivity index (χ2v) is 9.87. The molecule has 0 saturated carbocycles. The van der Waals surface area contributed by atoms with Gasteiger partial charge in [-0.15, -0.1) is 0 Å². The summed E-state index contributed by atoms with van der Waals surface area (Å²) in [6, 6.07) is 0.358. The molecule has 0 aromatic rings. The van der Waals surface area contributed by atoms with Crippen molar-refractivity contribution in [3.05, 3.63) is 22.9 Å². The molecule has 8 heteroatoms. The SMILES string of the molecule is COC1=C(C)C(=O)O/C1=C1\O[C@]23CCCN4[C@H]([C@@H]5C[C@H](C)C(=O)O5)[C@H](C[C@H]4[C@H]2[C@@H]1C)O3. The van der Waals surface area contributed by atoms with Crippen molar-refractivity contribution < 1.29 is 33.3 Å². The van der Waals surface area contributed by atoms with Gasteiger partial charge in [0.1, 0.15) is 11.9 Å². The summed E-state index contributed by atoms with van der Waals surface area (Å²) < 4.78 is 30.2. The number of methoxy groups -OCH3 is 1. The number of cyclic esters (lactones) is 2. The zero-order chi connectivity index (χ0) is 21.7. The summed E-state index contributed by atoms with van der Waals surface area (Å²) in [5.41, 5.74) is 0.457. The molecule has 0 aliphatic carbocycles. The Hall–Kier alpha value is -2.06. The van der Waals surface area contributed by atoms with Gasteiger partial charge in [0.2, 0.25) is 11.5 Å². The molecule has 168 valence electrons. The van der Waals surface area contributed by atoms with Crippen molar-refractivity contribution >= 4 is 11.9 Å². The average Bonchev–Trinajstić information content (AvgIpc) is 3.37. The van der Waals surface area contributed by atoms with E-state index in [0.29, 0.717) is 22.9 Å². The van der Waals surface area contributed by atoms with Crippen LogP contribution < -0.4 is 0 Å². The maximum atomic E-state index is 12.2. The lowest BCUT2D eigenvalue weighted by Crippen LogP contribution is -2.51. The number of esters is 2. The van der Waals surface area contributed by atoms with Gasteiger partial charge < -0.3 is 23.7 Å². The summed E-state index contributed by atoms with van der Waals surface area (Å²) >= 11 is 0. The Labute approximate surface area is 181 Å². The lowest BCUT2D eigenvalue weighted by Gasteiger charge is -2.41. The van der Waals surface area contributed by atoms with Crippen molar-refractivity contribution in [2.45, 2.75) is 76.5 Å². The number of carbonyl (C=O) groups excluding carboxylic acids is 2. The minimum atomic E-state index is -0.741. The Bertz CT molecular complexity index is 925. The molecule has 0 aromatic heterocycles. The van der Waals surface area contributed by atoms with E-state index >= 15 is 0 Å². The Morgan fingerprint density at radius 3 is 2.68 bits per heavy atom. The van der Waals surface area contributed by atoms with Gasteiger partial charge in [0.15, 0.2) is 5.76 Å². The van der Waals surface area contributed by atoms with Crippen molar-refractivity contribution in [3.8, 4) is 0 Å². The third-order valence-corrected chi connectivity index (χ3v) is 8.23. The van der Waals surface area contributed by atoms with Gasteiger partial charge in [-0.1, -0.05) is 13.8 Å². The first kappa shape index (κ1) is 19.6. The van der Waals surface area contributed by atoms with E-state index in [4.69, 9.17) is 23.7 Å². The van der Waals surface area contributed by atoms with Gasteiger partial charge >= 0.3 is 11.9 Å². The number of nitrogens with zero attached hydrogens (tertiary/aromatic N) is 1. The number of rotatable bonds is 2. The highest BCUT2D eigenvalue weighted by Crippen LogP contribution is 2.60. The second kappa shape index (κ2) is 6.48. The number of hydrogen-bond donors (Lipinski definition) is 0. The van der Waals surface area contributed by atoms with Crippen LogP contribution in [0.25, 0.3) is 0 Å². The minimum Gasteiger partial charge on any atom is -0.492 e. The Morgan fingerprint density at radius 2 is 1.97 bits per heavy atom. The van der Waals surface area contributed by atoms with E-state index in [-0.39, 0.29) is 48.0 Å². The fraction of sp³-hybridized carbons (Fsp3) is 0.739. The quantitative estimate of drug-likeness (QED) is 0.616. The van der Waals surface area contributed by atoms with Gasteiger partial charge in [-0.3, -0.25) is 9.69 Å². The van der Waals surface area contributed by atoms with E-state index in [9.17, 15) is 9.59 Å². The second-order valence-electron chi connectivity index (χ2n) is 9.87. The van der Waals surface area contributed by atoms with Crippen LogP contribution in [-0.4, -0.2) is 60.6 Å². The van der Waals surface area contributed by atoms with E-state index in [1.807, 2.05) is 6.92 Å². The van der Waals surface area contributed by atoms with Crippen LogP contribution in [0.3, 0.4) is 0 Å². The third-order valence-electron chi connectivity index (χ3n) is 8.23. The van der Waals surface area contributed by atoms with Crippen molar-refractivity contribution in [1.82, 2.24) is 4.90 Å². The van der Waals surface area contributed by atoms with Crippen LogP contribution in [0.4, 0.5) is 0 Å². The lowest BCUT2D eigenvalue weighted by atomic mass is 9.78. The van der Waals surface area contributed by atoms with Crippen LogP contribution in [0.15, 0.2) is 22.9 Å². The summed E-state index contributed by atoms with van der Waals surface area (Å²) in [7, 11) is 1.54. The Morgan fingerprint density at radius 1 is 1.16 bits per heavy atom. The van der Waals surface area contributed by atoms with Crippen LogP contribution in [-0.2, 0) is 33.3 Å². The van der Waals surface area contributed by atoms with Gasteiger partial charge in [-0.2, -0.15) is 0 Å². The van der Waals surface area contributed by atoms with Gasteiger partial charge in [0, 0.05) is 24.3 Å². The molecular formula is C23H29NO7. The van der Waals surface area contributed by atoms with E-state index in [0.717, 1.165) is 32.2 Å². The molecule has 6 rings (SSSR count). The van der Waals surface area contributed by atoms with E-state index in [1.165, 1.54) is 0 Å². The highest BCUT2D eigenvalue weighted by atomic mass is 16.7. The van der Waals surface area contributed by atoms with Crippen molar-refractivity contribution in [3.63, 3.8) is 0 Å². The van der Waals surface area contributed by atoms with Gasteiger partial charge in [0.25, 0.3) is 0 Å². The topological polar surface area (TPSA) is 83.5 Å². The molecule has 0 N–H and O–H groups in total. The standard InChI is InChI=1S/C23H29NO7/c1-10-8-14(28-21(10)25)17-15-9-13-16-11(2)19(20-18(27-4)12(3)22(26)29-20)31-23(16,30-15)6-5-7-24(13)17/h10-11,13-17H,5-9H2,1-4H3/b20-19-/t10-,11-,13-,14-,15-,16+,17+,23+/m0/s1. The molecule has 0 spiro atoms. The fourth-order valence-corrected chi connectivity index (χ4v) is 6.95. The van der Waals surface area contributed by atoms with Crippen LogP contribution in [0.1, 0.15) is 46.5 Å². The van der Waals surface area contributed by atoms with Gasteiger partial charge in [-0.25, -0.2) is 4.79 Å². The zero-order valence-corrected chi connectivity index (χ0v) is 18.4. The van der Waals surface area contributed by atoms with E-state index in [1.54, 1.807) is 14.0 Å². The number of carbonyl (C=O) groups is 2. The average molecular weight is 431 g/mol. The number of ether oxygens (including phenoxy) is 5. The van der Waals surface area contributed by atoms with Crippen LogP contribution in [0.2, 0.25) is 0 Å². The van der Waals surface area contributed by atoms with Crippen LogP contribution in [0, 0.1) is 17.8 Å². The van der Waals surface area contributed by atoms with E-state index < -0.39 is 11.8 Å². The molecular weight excluding hydrogens is 402 g/mol. The molecule has 8 nitrogen and oxygen atoms in total. The number of hydrogen-bond acceptors (Lipinski definition) is 8. The highest BCUT2D eigenvalue weighted by Gasteiger charge is 2.68. The fourth-order valence-electron chi connectivity index (χ4n) is 6.95. The summed E-state index contributed by atoms with van der Waals surface area (Å²) in [5.74, 6) is 0.320. The monoisotopic (exact) mass is 431 g/mol. The molecule has 6 aliphatic rings. The molecule has 3 bridgehead atoms. The Kier molecular flexibility index (Phi) is 4.10. The molecule has 6 heterocycles. The Balaban J connectivity index is 1.37. The summed E-state index contributed by atoms with van der Waals surface area (Å²) in [4.78, 5) is 26.8. The summed E-state index contributed by atoms with van der Waals surface area (Å²) in [6.07, 6.45) is 3.21. The maximum absolute atomic E-state index is 12.2. The molecule has 0 radical (unpaired) electrons. The zero-order valence-electron chi connectivity index (χ0n) is 18.4. The molecule has 5 fully saturated rings. The highest BCUT2D eigenvalue weighted by molar-refractivity contribution is 5.93. The first-order chi connectivity index (χ1) is 14.8. The molecule has 5 saturated heterocycles. The number of fused-ring (bicyclic) bond motifs is 1.